The van der Waals surface area contributed by atoms with Crippen LogP contribution in [-0.2, 0) is 48.4 Å². The minimum Gasteiger partial charge on any atom is -0.460 e. The third-order valence-corrected chi connectivity index (χ3v) is 7.35. The Kier molecular flexibility index (Phi) is 21.9. The molecule has 10 nitrogen and oxygen atoms in total. The van der Waals surface area contributed by atoms with Crippen molar-refractivity contribution in [1.82, 2.24) is 20.0 Å². The van der Waals surface area contributed by atoms with E-state index in [1.165, 1.54) is 5.56 Å². The van der Waals surface area contributed by atoms with E-state index in [1.807, 2.05) is 115 Å². The maximum atomic E-state index is 12.6. The Morgan fingerprint density at radius 3 is 1.40 bits per heavy atom. The Balaban J connectivity index is 0.000000620. The fourth-order valence-electron chi connectivity index (χ4n) is 4.78. The molecule has 1 aliphatic rings. The van der Waals surface area contributed by atoms with Crippen LogP contribution >= 0.6 is 0 Å². The van der Waals surface area contributed by atoms with Crippen molar-refractivity contribution >= 4 is 18.2 Å². The average Bonchev–Trinajstić information content (AvgIpc) is 3.12. The van der Waals surface area contributed by atoms with Gasteiger partial charge in [-0.1, -0.05) is 105 Å². The van der Waals surface area contributed by atoms with Gasteiger partial charge in [-0.15, -0.1) is 0 Å². The summed E-state index contributed by atoms with van der Waals surface area (Å²) in [6.45, 7) is 11.2. The second-order valence-electron chi connectivity index (χ2n) is 11.0. The summed E-state index contributed by atoms with van der Waals surface area (Å²) in [7, 11) is 1.70. The van der Waals surface area contributed by atoms with Crippen molar-refractivity contribution in [3.63, 3.8) is 0 Å². The van der Waals surface area contributed by atoms with Crippen LogP contribution in [0.1, 0.15) is 30.5 Å². The third kappa shape index (κ3) is 18.4. The molecule has 0 aliphatic carbocycles. The largest absolute Gasteiger partial charge is 0.460 e. The molecule has 1 fully saturated rings. The Bertz CT molecular complexity index is 1250. The van der Waals surface area contributed by atoms with Gasteiger partial charge in [0.2, 0.25) is 0 Å². The highest BCUT2D eigenvalue weighted by molar-refractivity contribution is 5.72. The summed E-state index contributed by atoms with van der Waals surface area (Å²) in [5, 5.41) is 3.39. The van der Waals surface area contributed by atoms with Crippen molar-refractivity contribution in [2.45, 2.75) is 33.7 Å². The molecule has 1 aliphatic heterocycles. The molecule has 0 radical (unpaired) electrons. The molecule has 1 N–H and O–H groups in total. The summed E-state index contributed by atoms with van der Waals surface area (Å²) >= 11 is 0. The molecule has 0 atom stereocenters. The summed E-state index contributed by atoms with van der Waals surface area (Å²) in [6, 6.07) is 29.3. The van der Waals surface area contributed by atoms with Gasteiger partial charge in [-0.25, -0.2) is 0 Å². The molecule has 3 aromatic carbocycles. The summed E-state index contributed by atoms with van der Waals surface area (Å²) in [4.78, 5) is 42.4. The van der Waals surface area contributed by atoms with Gasteiger partial charge in [-0.3, -0.25) is 24.3 Å². The second kappa shape index (κ2) is 26.1. The Morgan fingerprint density at radius 1 is 0.604 bits per heavy atom. The first-order chi connectivity index (χ1) is 23.6. The number of benzene rings is 3. The number of nitrogens with zero attached hydrogens (tertiary/aromatic N) is 3. The van der Waals surface area contributed by atoms with Crippen molar-refractivity contribution in [2.75, 3.05) is 79.1 Å². The molecule has 3 aromatic rings. The van der Waals surface area contributed by atoms with Crippen LogP contribution in [-0.4, -0.2) is 112 Å². The summed E-state index contributed by atoms with van der Waals surface area (Å²) in [5.74, 6) is -0.574. The first kappa shape index (κ1) is 40.2. The van der Waals surface area contributed by atoms with E-state index in [2.05, 4.69) is 10.2 Å². The van der Waals surface area contributed by atoms with Gasteiger partial charge in [0.25, 0.3) is 0 Å². The molecule has 1 saturated heterocycles. The normalized spacial score (nSPS) is 14.8. The van der Waals surface area contributed by atoms with Gasteiger partial charge < -0.3 is 24.3 Å². The summed E-state index contributed by atoms with van der Waals surface area (Å²) < 4.78 is 15.9. The molecule has 0 spiro atoms. The van der Waals surface area contributed by atoms with Crippen LogP contribution in [0.2, 0.25) is 0 Å². The molecule has 48 heavy (non-hydrogen) atoms. The topological polar surface area (TPSA) is 101 Å². The number of carbonyl (C=O) groups excluding carboxylic acids is 3. The quantitative estimate of drug-likeness (QED) is 0.226. The molecular weight excluding hydrogens is 608 g/mol. The molecule has 0 amide bonds. The van der Waals surface area contributed by atoms with Crippen molar-refractivity contribution in [2.24, 2.45) is 0 Å². The van der Waals surface area contributed by atoms with Crippen molar-refractivity contribution < 1.29 is 28.6 Å². The molecule has 0 aromatic heterocycles. The Morgan fingerprint density at radius 2 is 0.979 bits per heavy atom. The molecule has 262 valence electrons. The minimum atomic E-state index is -0.298. The lowest BCUT2D eigenvalue weighted by molar-refractivity contribution is -0.148. The van der Waals surface area contributed by atoms with Gasteiger partial charge >= 0.3 is 11.9 Å². The van der Waals surface area contributed by atoms with Gasteiger partial charge in [-0.05, 0) is 16.7 Å². The molecule has 10 heteroatoms. The van der Waals surface area contributed by atoms with E-state index < -0.39 is 0 Å². The zero-order chi connectivity index (χ0) is 34.7. The number of hydrogen-bond donors (Lipinski definition) is 1. The standard InChI is InChI=1S/C28H38N4O5.C8H10O.C2H6/c33-20-19-30-13-11-29-12-14-31(21-27(34)36-23-25-7-3-1-4-8-25)17-18-32(16-15-30)22-28(35)37-24-26-9-5-2-6-10-26;1-9-7-8-5-3-2-4-6-8;1-2/h1-10,20,29H,11-19,21-24H2;2-6H,7H2,1H3;1-2H3. The van der Waals surface area contributed by atoms with Crippen LogP contribution in [0, 0.1) is 0 Å². The van der Waals surface area contributed by atoms with Gasteiger partial charge in [0, 0.05) is 59.5 Å². The zero-order valence-electron chi connectivity index (χ0n) is 28.9. The highest BCUT2D eigenvalue weighted by atomic mass is 16.5. The van der Waals surface area contributed by atoms with Gasteiger partial charge in [-0.2, -0.15) is 0 Å². The maximum Gasteiger partial charge on any atom is 0.320 e. The maximum absolute atomic E-state index is 12.6. The SMILES string of the molecule is CC.COCc1ccccc1.O=CCN1CCNCCN(CC(=O)OCc2ccccc2)CCN(CC(=O)OCc2ccccc2)CC1. The van der Waals surface area contributed by atoms with E-state index >= 15 is 0 Å². The number of aldehydes is 1. The lowest BCUT2D eigenvalue weighted by atomic mass is 10.2. The average molecular weight is 663 g/mol. The number of esters is 2. The van der Waals surface area contributed by atoms with E-state index in [-0.39, 0.29) is 38.2 Å². The highest BCUT2D eigenvalue weighted by Gasteiger charge is 2.18. The van der Waals surface area contributed by atoms with Crippen LogP contribution in [0.3, 0.4) is 0 Å². The van der Waals surface area contributed by atoms with E-state index in [4.69, 9.17) is 14.2 Å². The first-order valence-electron chi connectivity index (χ1n) is 16.8. The lowest BCUT2D eigenvalue weighted by Gasteiger charge is -2.30. The number of methoxy groups -OCH3 is 1. The van der Waals surface area contributed by atoms with Crippen LogP contribution in [0.25, 0.3) is 0 Å². The monoisotopic (exact) mass is 662 g/mol. The van der Waals surface area contributed by atoms with Crippen LogP contribution in [0.15, 0.2) is 91.0 Å². The molecular formula is C38H54N4O6. The number of carbonyl (C=O) groups is 3. The van der Waals surface area contributed by atoms with Crippen LogP contribution in [0.5, 0.6) is 0 Å². The number of hydrogen-bond acceptors (Lipinski definition) is 10. The van der Waals surface area contributed by atoms with Gasteiger partial charge in [0.05, 0.1) is 26.2 Å². The predicted octanol–water partition coefficient (Wildman–Crippen LogP) is 4.04. The fourth-order valence-corrected chi connectivity index (χ4v) is 4.78. The lowest BCUT2D eigenvalue weighted by Crippen LogP contribution is -2.47. The molecule has 4 rings (SSSR count). The van der Waals surface area contributed by atoms with Crippen molar-refractivity contribution in [3.05, 3.63) is 108 Å². The molecule has 1 heterocycles. The Labute approximate surface area is 287 Å². The zero-order valence-corrected chi connectivity index (χ0v) is 28.9. The van der Waals surface area contributed by atoms with E-state index in [0.29, 0.717) is 52.4 Å². The number of ether oxygens (including phenoxy) is 3. The smallest absolute Gasteiger partial charge is 0.320 e. The molecule has 0 saturated carbocycles. The Hall–Kier alpha value is -3.93. The predicted molar refractivity (Wildman–Crippen MR) is 189 cm³/mol. The highest BCUT2D eigenvalue weighted by Crippen LogP contribution is 2.05. The van der Waals surface area contributed by atoms with Gasteiger partial charge in [0.1, 0.15) is 19.5 Å². The van der Waals surface area contributed by atoms with E-state index in [1.54, 1.807) is 7.11 Å². The van der Waals surface area contributed by atoms with Crippen LogP contribution in [0.4, 0.5) is 0 Å². The van der Waals surface area contributed by atoms with Gasteiger partial charge in [0.15, 0.2) is 0 Å². The number of nitrogens with one attached hydrogen (secondary N) is 1. The van der Waals surface area contributed by atoms with Crippen molar-refractivity contribution in [1.29, 1.82) is 0 Å². The summed E-state index contributed by atoms with van der Waals surface area (Å²) in [6.07, 6.45) is 0.910. The summed E-state index contributed by atoms with van der Waals surface area (Å²) in [5.41, 5.74) is 3.11. The molecule has 0 unspecified atom stereocenters. The van der Waals surface area contributed by atoms with Crippen molar-refractivity contribution in [3.8, 4) is 0 Å². The van der Waals surface area contributed by atoms with Crippen LogP contribution < -0.4 is 5.32 Å². The molecule has 0 bridgehead atoms. The second-order valence-corrected chi connectivity index (χ2v) is 11.0. The minimum absolute atomic E-state index is 0.145. The first-order valence-corrected chi connectivity index (χ1v) is 16.8. The third-order valence-electron chi connectivity index (χ3n) is 7.35. The van der Waals surface area contributed by atoms with E-state index in [9.17, 15) is 14.4 Å². The van der Waals surface area contributed by atoms with E-state index in [0.717, 1.165) is 30.5 Å². The number of rotatable bonds is 12. The fraction of sp³-hybridized carbons (Fsp3) is 0.447.